The summed E-state index contributed by atoms with van der Waals surface area (Å²) in [5, 5.41) is 24.6. The Balaban J connectivity index is 1.66. The monoisotopic (exact) mass is 443 g/mol. The molecule has 2 aromatic carbocycles. The van der Waals surface area contributed by atoms with Crippen molar-refractivity contribution in [3.8, 4) is 11.3 Å². The molecule has 0 radical (unpaired) electrons. The van der Waals surface area contributed by atoms with Crippen molar-refractivity contribution in [3.63, 3.8) is 0 Å². The number of rotatable bonds is 6. The van der Waals surface area contributed by atoms with Crippen LogP contribution in [0.1, 0.15) is 17.4 Å². The molecule has 1 atom stereocenters. The van der Waals surface area contributed by atoms with Gasteiger partial charge in [0.15, 0.2) is 6.10 Å². The summed E-state index contributed by atoms with van der Waals surface area (Å²) in [7, 11) is 0. The minimum absolute atomic E-state index is 0.0383. The number of carbonyl (C=O) groups is 1. The van der Waals surface area contributed by atoms with Crippen molar-refractivity contribution in [1.29, 1.82) is 0 Å². The molecule has 1 heterocycles. The number of benzene rings is 2. The maximum Gasteiger partial charge on any atom is 0.273 e. The zero-order valence-corrected chi connectivity index (χ0v) is 15.9. The summed E-state index contributed by atoms with van der Waals surface area (Å²) in [6.07, 6.45) is -0.0418. The molecule has 9 heteroatoms. The van der Waals surface area contributed by atoms with Gasteiger partial charge in [-0.15, -0.1) is 0 Å². The van der Waals surface area contributed by atoms with Crippen LogP contribution in [-0.4, -0.2) is 22.2 Å². The molecule has 28 heavy (non-hydrogen) atoms. The standard InChI is InChI=1S/C19H14BrN3O5/c20-16-10-13(23(26)27)6-8-15(16)17-9-7-14(28-17)11-21-22-19(25)18(24)12-4-2-1-3-5-12/h1-11,18,24H,(H,22,25)/b21-11-/t18-/m1/s1. The Labute approximate surface area is 167 Å². The lowest BCUT2D eigenvalue weighted by Crippen LogP contribution is -2.25. The number of nitrogens with zero attached hydrogens (tertiary/aromatic N) is 2. The maximum atomic E-state index is 11.9. The number of nitrogens with one attached hydrogen (secondary N) is 1. The molecule has 0 spiro atoms. The molecular weight excluding hydrogens is 430 g/mol. The third-order valence-electron chi connectivity index (χ3n) is 3.79. The molecule has 3 rings (SSSR count). The van der Waals surface area contributed by atoms with Crippen LogP contribution in [0.3, 0.4) is 0 Å². The fourth-order valence-corrected chi connectivity index (χ4v) is 2.95. The molecule has 0 saturated heterocycles. The summed E-state index contributed by atoms with van der Waals surface area (Å²) in [6.45, 7) is 0. The molecule has 0 unspecified atom stereocenters. The van der Waals surface area contributed by atoms with E-state index < -0.39 is 16.9 Å². The van der Waals surface area contributed by atoms with Gasteiger partial charge in [-0.05, 0) is 39.7 Å². The second-order valence-electron chi connectivity index (χ2n) is 5.67. The van der Waals surface area contributed by atoms with Gasteiger partial charge < -0.3 is 9.52 Å². The number of non-ortho nitro benzene ring substituents is 1. The van der Waals surface area contributed by atoms with E-state index in [4.69, 9.17) is 4.42 Å². The summed E-state index contributed by atoms with van der Waals surface area (Å²) in [5.74, 6) is 0.154. The number of aliphatic hydroxyl groups excluding tert-OH is 1. The van der Waals surface area contributed by atoms with Gasteiger partial charge >= 0.3 is 0 Å². The number of hydrazone groups is 1. The lowest BCUT2D eigenvalue weighted by molar-refractivity contribution is -0.384. The van der Waals surface area contributed by atoms with E-state index in [1.165, 1.54) is 18.3 Å². The minimum atomic E-state index is -1.33. The van der Waals surface area contributed by atoms with Crippen LogP contribution in [0.4, 0.5) is 5.69 Å². The molecule has 0 aliphatic heterocycles. The second kappa shape index (κ2) is 8.59. The zero-order valence-electron chi connectivity index (χ0n) is 14.3. The molecule has 3 aromatic rings. The Bertz CT molecular complexity index is 1030. The number of nitro groups is 1. The Morgan fingerprint density at radius 3 is 2.64 bits per heavy atom. The number of carbonyl (C=O) groups excluding carboxylic acids is 1. The number of hydrogen-bond donors (Lipinski definition) is 2. The highest BCUT2D eigenvalue weighted by Gasteiger charge is 2.16. The first-order valence-electron chi connectivity index (χ1n) is 8.06. The van der Waals surface area contributed by atoms with E-state index in [-0.39, 0.29) is 5.69 Å². The van der Waals surface area contributed by atoms with Crippen molar-refractivity contribution in [2.24, 2.45) is 5.10 Å². The zero-order chi connectivity index (χ0) is 20.1. The Morgan fingerprint density at radius 2 is 1.96 bits per heavy atom. The molecule has 1 aromatic heterocycles. The highest BCUT2D eigenvalue weighted by atomic mass is 79.9. The lowest BCUT2D eigenvalue weighted by Gasteiger charge is -2.08. The average Bonchev–Trinajstić information content (AvgIpc) is 3.16. The van der Waals surface area contributed by atoms with Crippen molar-refractivity contribution in [2.75, 3.05) is 0 Å². The normalized spacial score (nSPS) is 12.1. The van der Waals surface area contributed by atoms with E-state index in [1.807, 2.05) is 0 Å². The van der Waals surface area contributed by atoms with Crippen molar-refractivity contribution in [2.45, 2.75) is 6.10 Å². The van der Waals surface area contributed by atoms with E-state index >= 15 is 0 Å². The average molecular weight is 444 g/mol. The predicted octanol–water partition coefficient (Wildman–Crippen LogP) is 3.80. The Morgan fingerprint density at radius 1 is 1.21 bits per heavy atom. The van der Waals surface area contributed by atoms with Gasteiger partial charge in [0.1, 0.15) is 11.5 Å². The van der Waals surface area contributed by atoms with Gasteiger partial charge in [-0.25, -0.2) is 5.43 Å². The molecule has 142 valence electrons. The van der Waals surface area contributed by atoms with Gasteiger partial charge in [0.25, 0.3) is 11.6 Å². The van der Waals surface area contributed by atoms with E-state index in [0.717, 1.165) is 0 Å². The minimum Gasteiger partial charge on any atom is -0.455 e. The molecule has 0 saturated carbocycles. The molecule has 2 N–H and O–H groups in total. The van der Waals surface area contributed by atoms with Crippen LogP contribution in [0.2, 0.25) is 0 Å². The fraction of sp³-hybridized carbons (Fsp3) is 0.0526. The molecule has 0 aliphatic carbocycles. The molecule has 1 amide bonds. The summed E-state index contributed by atoms with van der Waals surface area (Å²) < 4.78 is 6.13. The Kier molecular flexibility index (Phi) is 5.97. The number of amides is 1. The number of hydrogen-bond acceptors (Lipinski definition) is 6. The SMILES string of the molecule is O=C(N/N=C\c1ccc(-c2ccc([N+](=O)[O-])cc2Br)o1)[C@H](O)c1ccccc1. The number of aliphatic hydroxyl groups is 1. The van der Waals surface area contributed by atoms with Crippen LogP contribution >= 0.6 is 15.9 Å². The van der Waals surface area contributed by atoms with Crippen LogP contribution < -0.4 is 5.43 Å². The van der Waals surface area contributed by atoms with Crippen LogP contribution in [-0.2, 0) is 4.79 Å². The van der Waals surface area contributed by atoms with Crippen molar-refractivity contribution < 1.29 is 19.2 Å². The third-order valence-corrected chi connectivity index (χ3v) is 4.44. The smallest absolute Gasteiger partial charge is 0.273 e. The highest BCUT2D eigenvalue weighted by molar-refractivity contribution is 9.10. The van der Waals surface area contributed by atoms with Crippen LogP contribution in [0.15, 0.2) is 74.7 Å². The molecule has 0 bridgehead atoms. The maximum absolute atomic E-state index is 11.9. The molecule has 8 nitrogen and oxygen atoms in total. The first-order valence-corrected chi connectivity index (χ1v) is 8.85. The van der Waals surface area contributed by atoms with E-state index in [0.29, 0.717) is 27.1 Å². The first-order chi connectivity index (χ1) is 13.5. The van der Waals surface area contributed by atoms with Gasteiger partial charge in [0.2, 0.25) is 0 Å². The van der Waals surface area contributed by atoms with E-state index in [2.05, 4.69) is 26.5 Å². The number of furan rings is 1. The van der Waals surface area contributed by atoms with Gasteiger partial charge in [0.05, 0.1) is 11.1 Å². The van der Waals surface area contributed by atoms with Gasteiger partial charge in [-0.2, -0.15) is 5.10 Å². The first kappa shape index (κ1) is 19.5. The summed E-state index contributed by atoms with van der Waals surface area (Å²) in [6, 6.07) is 16.1. The van der Waals surface area contributed by atoms with Crippen molar-refractivity contribution >= 4 is 33.7 Å². The molecule has 0 aliphatic rings. The van der Waals surface area contributed by atoms with Crippen LogP contribution in [0, 0.1) is 10.1 Å². The Hall–Kier alpha value is -3.30. The molecule has 0 fully saturated rings. The van der Waals surface area contributed by atoms with Crippen LogP contribution in [0.25, 0.3) is 11.3 Å². The van der Waals surface area contributed by atoms with E-state index in [1.54, 1.807) is 48.5 Å². The largest absolute Gasteiger partial charge is 0.455 e. The summed E-state index contributed by atoms with van der Waals surface area (Å²) in [4.78, 5) is 22.2. The summed E-state index contributed by atoms with van der Waals surface area (Å²) in [5.41, 5.74) is 3.30. The third kappa shape index (κ3) is 4.51. The van der Waals surface area contributed by atoms with Crippen molar-refractivity contribution in [1.82, 2.24) is 5.43 Å². The lowest BCUT2D eigenvalue weighted by atomic mass is 10.1. The highest BCUT2D eigenvalue weighted by Crippen LogP contribution is 2.32. The van der Waals surface area contributed by atoms with E-state index in [9.17, 15) is 20.0 Å². The number of halogens is 1. The number of nitro benzene ring substituents is 1. The second-order valence-corrected chi connectivity index (χ2v) is 6.53. The van der Waals surface area contributed by atoms with Gasteiger partial charge in [-0.1, -0.05) is 30.3 Å². The summed E-state index contributed by atoms with van der Waals surface area (Å²) >= 11 is 3.29. The molecular formula is C19H14BrN3O5. The van der Waals surface area contributed by atoms with Gasteiger partial charge in [0, 0.05) is 22.2 Å². The van der Waals surface area contributed by atoms with Crippen LogP contribution in [0.5, 0.6) is 0 Å². The predicted molar refractivity (Wildman–Crippen MR) is 106 cm³/mol. The topological polar surface area (TPSA) is 118 Å². The van der Waals surface area contributed by atoms with Gasteiger partial charge in [-0.3, -0.25) is 14.9 Å². The fourth-order valence-electron chi connectivity index (χ4n) is 2.39. The quantitative estimate of drug-likeness (QED) is 0.341. The van der Waals surface area contributed by atoms with Crippen molar-refractivity contribution in [3.05, 3.63) is 86.6 Å².